The minimum Gasteiger partial charge on any atom is -0.454 e. The van der Waals surface area contributed by atoms with Crippen LogP contribution in [0.1, 0.15) is 36.2 Å². The quantitative estimate of drug-likeness (QED) is 0.719. The van der Waals surface area contributed by atoms with Gasteiger partial charge in [0.1, 0.15) is 5.75 Å². The summed E-state index contributed by atoms with van der Waals surface area (Å²) in [6.07, 6.45) is 1.76. The molecule has 1 aromatic heterocycles. The molecule has 0 aliphatic carbocycles. The molecule has 7 heteroatoms. The predicted octanol–water partition coefficient (Wildman–Crippen LogP) is 4.05. The van der Waals surface area contributed by atoms with Gasteiger partial charge in [0.2, 0.25) is 0 Å². The Balaban J connectivity index is 1.61. The van der Waals surface area contributed by atoms with Crippen LogP contribution in [0.5, 0.6) is 11.5 Å². The van der Waals surface area contributed by atoms with Gasteiger partial charge in [0.15, 0.2) is 5.75 Å². The fraction of sp³-hybridized carbons (Fsp3) is 0.150. The van der Waals surface area contributed by atoms with Crippen LogP contribution in [-0.2, 0) is 6.54 Å². The second-order valence-corrected chi connectivity index (χ2v) is 7.51. The van der Waals surface area contributed by atoms with Crippen molar-refractivity contribution in [3.8, 4) is 11.5 Å². The van der Waals surface area contributed by atoms with Crippen molar-refractivity contribution in [3.05, 3.63) is 69.2 Å². The van der Waals surface area contributed by atoms with Crippen LogP contribution in [0.25, 0.3) is 0 Å². The molecule has 1 aliphatic heterocycles. The number of carbonyl (C=O) groups is 2. The van der Waals surface area contributed by atoms with Crippen molar-refractivity contribution in [1.29, 1.82) is 0 Å². The molecule has 27 heavy (non-hydrogen) atoms. The summed E-state index contributed by atoms with van der Waals surface area (Å²) in [6.45, 7) is 4.13. The molecule has 0 saturated heterocycles. The fourth-order valence-corrected chi connectivity index (χ4v) is 3.70. The van der Waals surface area contributed by atoms with E-state index in [-0.39, 0.29) is 11.8 Å². The zero-order chi connectivity index (χ0) is 19.0. The van der Waals surface area contributed by atoms with Crippen molar-refractivity contribution < 1.29 is 14.3 Å². The van der Waals surface area contributed by atoms with Crippen LogP contribution < -0.4 is 15.4 Å². The van der Waals surface area contributed by atoms with Crippen molar-refractivity contribution in [2.75, 3.05) is 5.32 Å². The molecule has 0 unspecified atom stereocenters. The number of aryl methyl sites for hydroxylation is 1. The molecule has 4 rings (SSSR count). The lowest BCUT2D eigenvalue weighted by Crippen LogP contribution is -2.23. The highest BCUT2D eigenvalue weighted by molar-refractivity contribution is 7.11. The van der Waals surface area contributed by atoms with E-state index in [1.165, 1.54) is 0 Å². The fourth-order valence-electron chi connectivity index (χ4n) is 2.97. The van der Waals surface area contributed by atoms with E-state index in [1.54, 1.807) is 54.8 Å². The van der Waals surface area contributed by atoms with Crippen LogP contribution in [-0.4, -0.2) is 16.8 Å². The molecule has 2 N–H and O–H groups in total. The maximum Gasteiger partial charge on any atom is 0.259 e. The zero-order valence-electron chi connectivity index (χ0n) is 14.8. The van der Waals surface area contributed by atoms with Crippen LogP contribution in [0.4, 0.5) is 5.69 Å². The Morgan fingerprint density at radius 2 is 2.00 bits per heavy atom. The molecule has 0 spiro atoms. The minimum absolute atomic E-state index is 0.211. The summed E-state index contributed by atoms with van der Waals surface area (Å²) in [5.74, 6) is 0.536. The number of benzene rings is 2. The smallest absolute Gasteiger partial charge is 0.259 e. The highest BCUT2D eigenvalue weighted by atomic mass is 32.1. The molecule has 2 heterocycles. The third-order valence-corrected chi connectivity index (χ3v) is 5.27. The highest BCUT2D eigenvalue weighted by Crippen LogP contribution is 2.38. The third-order valence-electron chi connectivity index (χ3n) is 4.35. The van der Waals surface area contributed by atoms with E-state index in [0.29, 0.717) is 40.4 Å². The number of nitrogens with zero attached hydrogens (tertiary/aromatic N) is 1. The molecular weight excluding hydrogens is 362 g/mol. The van der Waals surface area contributed by atoms with Gasteiger partial charge in [-0.05, 0) is 43.7 Å². The van der Waals surface area contributed by atoms with Gasteiger partial charge in [-0.3, -0.25) is 9.59 Å². The van der Waals surface area contributed by atoms with Gasteiger partial charge >= 0.3 is 0 Å². The Bertz CT molecular complexity index is 1060. The van der Waals surface area contributed by atoms with Gasteiger partial charge in [-0.2, -0.15) is 0 Å². The summed E-state index contributed by atoms with van der Waals surface area (Å²) in [6, 6.07) is 10.5. The average Bonchev–Trinajstić information content (AvgIpc) is 3.01. The van der Waals surface area contributed by atoms with Gasteiger partial charge < -0.3 is 15.4 Å². The first-order valence-electron chi connectivity index (χ1n) is 8.44. The van der Waals surface area contributed by atoms with E-state index >= 15 is 0 Å². The van der Waals surface area contributed by atoms with E-state index in [1.807, 2.05) is 13.0 Å². The predicted molar refractivity (Wildman–Crippen MR) is 104 cm³/mol. The maximum atomic E-state index is 12.6. The summed E-state index contributed by atoms with van der Waals surface area (Å²) >= 11 is 1.55. The van der Waals surface area contributed by atoms with Crippen LogP contribution in [0.3, 0.4) is 0 Å². The highest BCUT2D eigenvalue weighted by Gasteiger charge is 2.24. The number of carbonyl (C=O) groups excluding carboxylic acids is 2. The van der Waals surface area contributed by atoms with Gasteiger partial charge in [-0.1, -0.05) is 12.1 Å². The first-order chi connectivity index (χ1) is 13.0. The van der Waals surface area contributed by atoms with Gasteiger partial charge in [0.05, 0.1) is 22.8 Å². The average molecular weight is 379 g/mol. The van der Waals surface area contributed by atoms with E-state index in [9.17, 15) is 9.59 Å². The Labute approximate surface area is 160 Å². The zero-order valence-corrected chi connectivity index (χ0v) is 15.6. The second kappa shape index (κ2) is 6.85. The summed E-state index contributed by atoms with van der Waals surface area (Å²) in [5.41, 5.74) is 2.12. The van der Waals surface area contributed by atoms with E-state index in [4.69, 9.17) is 4.74 Å². The molecule has 3 aromatic rings. The number of rotatable bonds is 3. The summed E-state index contributed by atoms with van der Waals surface area (Å²) in [5, 5.41) is 6.72. The molecule has 0 atom stereocenters. The molecule has 6 nitrogen and oxygen atoms in total. The van der Waals surface area contributed by atoms with Crippen molar-refractivity contribution in [1.82, 2.24) is 10.3 Å². The van der Waals surface area contributed by atoms with Crippen molar-refractivity contribution in [3.63, 3.8) is 0 Å². The summed E-state index contributed by atoms with van der Waals surface area (Å²) < 4.78 is 5.90. The van der Waals surface area contributed by atoms with E-state index < -0.39 is 0 Å². The molecular formula is C20H17N3O3S. The number of hydrogen-bond donors (Lipinski definition) is 2. The topological polar surface area (TPSA) is 80.3 Å². The largest absolute Gasteiger partial charge is 0.454 e. The van der Waals surface area contributed by atoms with Gasteiger partial charge in [0.25, 0.3) is 11.8 Å². The summed E-state index contributed by atoms with van der Waals surface area (Å²) in [4.78, 5) is 30.3. The lowest BCUT2D eigenvalue weighted by Gasteiger charge is -2.14. The Hall–Kier alpha value is -3.19. The number of ether oxygens (including phenoxy) is 1. The minimum atomic E-state index is -0.259. The number of para-hydroxylation sites is 1. The number of hydrogen-bond acceptors (Lipinski definition) is 5. The van der Waals surface area contributed by atoms with Crippen LogP contribution in [0, 0.1) is 13.8 Å². The van der Waals surface area contributed by atoms with Gasteiger partial charge in [-0.25, -0.2) is 4.98 Å². The lowest BCUT2D eigenvalue weighted by atomic mass is 10.0. The van der Waals surface area contributed by atoms with E-state index in [0.717, 1.165) is 9.88 Å². The molecule has 2 amide bonds. The molecule has 1 aliphatic rings. The maximum absolute atomic E-state index is 12.6. The molecule has 0 radical (unpaired) electrons. The number of thiazole rings is 1. The van der Waals surface area contributed by atoms with Crippen molar-refractivity contribution in [2.45, 2.75) is 20.4 Å². The number of amides is 2. The SMILES string of the molecule is Cc1ncc(CNC(=O)c2ccc3c(c2C)NC(=O)c2ccccc2O3)s1. The summed E-state index contributed by atoms with van der Waals surface area (Å²) in [7, 11) is 0. The third kappa shape index (κ3) is 3.29. The Morgan fingerprint density at radius 3 is 2.78 bits per heavy atom. The molecule has 0 fully saturated rings. The van der Waals surface area contributed by atoms with Crippen molar-refractivity contribution in [2.24, 2.45) is 0 Å². The van der Waals surface area contributed by atoms with E-state index in [2.05, 4.69) is 15.6 Å². The number of anilines is 1. The standard InChI is InChI=1S/C20H17N3O3S/c1-11-14(19(24)22-10-13-9-21-12(2)27-13)7-8-17-18(11)23-20(25)15-5-3-4-6-16(15)26-17/h3-9H,10H2,1-2H3,(H,22,24)(H,23,25). The van der Waals surface area contributed by atoms with Gasteiger partial charge in [-0.15, -0.1) is 11.3 Å². The number of aromatic nitrogens is 1. The monoisotopic (exact) mass is 379 g/mol. The van der Waals surface area contributed by atoms with Gasteiger partial charge in [0, 0.05) is 16.6 Å². The van der Waals surface area contributed by atoms with Crippen LogP contribution in [0.2, 0.25) is 0 Å². The van der Waals surface area contributed by atoms with Crippen LogP contribution >= 0.6 is 11.3 Å². The van der Waals surface area contributed by atoms with Crippen molar-refractivity contribution >= 4 is 28.8 Å². The normalized spacial score (nSPS) is 12.3. The van der Waals surface area contributed by atoms with Crippen LogP contribution in [0.15, 0.2) is 42.6 Å². The molecule has 0 saturated carbocycles. The molecule has 2 aromatic carbocycles. The number of fused-ring (bicyclic) bond motifs is 2. The lowest BCUT2D eigenvalue weighted by molar-refractivity contribution is 0.0949. The molecule has 136 valence electrons. The Kier molecular flexibility index (Phi) is 4.37. The second-order valence-electron chi connectivity index (χ2n) is 6.19. The Morgan fingerprint density at radius 1 is 1.19 bits per heavy atom. The molecule has 0 bridgehead atoms. The first kappa shape index (κ1) is 17.2. The first-order valence-corrected chi connectivity index (χ1v) is 9.26. The number of nitrogens with one attached hydrogen (secondary N) is 2.